The van der Waals surface area contributed by atoms with Crippen molar-refractivity contribution in [2.45, 2.75) is 63.1 Å². The van der Waals surface area contributed by atoms with Crippen LogP contribution in [-0.4, -0.2) is 26.6 Å². The standard InChI is InChI=1S/C16H18F5N3O/c17-15(18)7-3-10(4-8-15)24-9-5-11-13(24)22-12(23-14(11)25)2-1-6-16(19,20)21/h5,9-10H,1-4,6-8H2,(H,22,23,25). The summed E-state index contributed by atoms with van der Waals surface area (Å²) in [6, 6.07) is 1.38. The van der Waals surface area contributed by atoms with Gasteiger partial charge in [-0.1, -0.05) is 0 Å². The number of hydrogen-bond donors (Lipinski definition) is 1. The molecule has 0 aliphatic heterocycles. The molecule has 138 valence electrons. The van der Waals surface area contributed by atoms with Crippen LogP contribution in [0.1, 0.15) is 50.4 Å². The van der Waals surface area contributed by atoms with Gasteiger partial charge in [-0.15, -0.1) is 0 Å². The van der Waals surface area contributed by atoms with Crippen molar-refractivity contribution < 1.29 is 22.0 Å². The molecule has 0 radical (unpaired) electrons. The lowest BCUT2D eigenvalue weighted by molar-refractivity contribution is -0.135. The maximum atomic E-state index is 13.3. The first-order valence-electron chi connectivity index (χ1n) is 8.19. The number of nitrogens with zero attached hydrogens (tertiary/aromatic N) is 2. The Morgan fingerprint density at radius 1 is 1.28 bits per heavy atom. The smallest absolute Gasteiger partial charge is 0.329 e. The van der Waals surface area contributed by atoms with E-state index in [0.29, 0.717) is 11.0 Å². The minimum atomic E-state index is -4.25. The van der Waals surface area contributed by atoms with Gasteiger partial charge in [0.25, 0.3) is 5.56 Å². The van der Waals surface area contributed by atoms with Gasteiger partial charge in [0.1, 0.15) is 11.5 Å². The van der Waals surface area contributed by atoms with Crippen molar-refractivity contribution in [1.29, 1.82) is 0 Å². The van der Waals surface area contributed by atoms with Crippen LogP contribution in [0.5, 0.6) is 0 Å². The second kappa shape index (κ2) is 6.42. The van der Waals surface area contributed by atoms with Gasteiger partial charge in [0, 0.05) is 37.9 Å². The van der Waals surface area contributed by atoms with Crippen LogP contribution in [0.15, 0.2) is 17.1 Å². The number of alkyl halides is 5. The van der Waals surface area contributed by atoms with Crippen LogP contribution in [0, 0.1) is 0 Å². The third-order valence-electron chi connectivity index (χ3n) is 4.58. The molecule has 0 spiro atoms. The molecule has 0 amide bonds. The van der Waals surface area contributed by atoms with E-state index in [4.69, 9.17) is 0 Å². The van der Waals surface area contributed by atoms with Crippen LogP contribution in [0.3, 0.4) is 0 Å². The number of rotatable bonds is 4. The highest BCUT2D eigenvalue weighted by Gasteiger charge is 2.36. The van der Waals surface area contributed by atoms with Gasteiger partial charge >= 0.3 is 6.18 Å². The molecule has 1 fully saturated rings. The maximum Gasteiger partial charge on any atom is 0.389 e. The molecule has 4 nitrogen and oxygen atoms in total. The van der Waals surface area contributed by atoms with Crippen LogP contribution in [0.4, 0.5) is 22.0 Å². The average molecular weight is 363 g/mol. The number of fused-ring (bicyclic) bond motifs is 1. The molecule has 1 aliphatic rings. The average Bonchev–Trinajstić information content (AvgIpc) is 2.90. The number of halogens is 5. The Morgan fingerprint density at radius 3 is 2.60 bits per heavy atom. The van der Waals surface area contributed by atoms with Crippen molar-refractivity contribution >= 4 is 11.0 Å². The number of H-pyrrole nitrogens is 1. The third-order valence-corrected chi connectivity index (χ3v) is 4.58. The van der Waals surface area contributed by atoms with Gasteiger partial charge in [0.15, 0.2) is 0 Å². The fourth-order valence-electron chi connectivity index (χ4n) is 3.26. The zero-order chi connectivity index (χ0) is 18.2. The first kappa shape index (κ1) is 17.9. The summed E-state index contributed by atoms with van der Waals surface area (Å²) in [6.07, 6.45) is -3.64. The van der Waals surface area contributed by atoms with Crippen molar-refractivity contribution in [2.24, 2.45) is 0 Å². The highest BCUT2D eigenvalue weighted by Crippen LogP contribution is 2.39. The predicted molar refractivity (Wildman–Crippen MR) is 81.8 cm³/mol. The zero-order valence-electron chi connectivity index (χ0n) is 13.4. The second-order valence-electron chi connectivity index (χ2n) is 6.53. The highest BCUT2D eigenvalue weighted by molar-refractivity contribution is 5.75. The molecule has 9 heteroatoms. The molecular formula is C16H18F5N3O. The molecule has 3 rings (SSSR count). The van der Waals surface area contributed by atoms with Crippen molar-refractivity contribution in [3.8, 4) is 0 Å². The number of aryl methyl sites for hydroxylation is 1. The van der Waals surface area contributed by atoms with Gasteiger partial charge < -0.3 is 9.55 Å². The normalized spacial score (nSPS) is 18.8. The molecule has 0 aromatic carbocycles. The van der Waals surface area contributed by atoms with Crippen molar-refractivity contribution in [2.75, 3.05) is 0 Å². The van der Waals surface area contributed by atoms with E-state index in [1.54, 1.807) is 16.8 Å². The second-order valence-corrected chi connectivity index (χ2v) is 6.53. The minimum Gasteiger partial charge on any atom is -0.329 e. The summed E-state index contributed by atoms with van der Waals surface area (Å²) in [7, 11) is 0. The Morgan fingerprint density at radius 2 is 1.96 bits per heavy atom. The van der Waals surface area contributed by atoms with E-state index in [1.807, 2.05) is 0 Å². The molecule has 2 aromatic rings. The summed E-state index contributed by atoms with van der Waals surface area (Å²) < 4.78 is 65.1. The fourth-order valence-corrected chi connectivity index (χ4v) is 3.26. The molecule has 25 heavy (non-hydrogen) atoms. The number of hydrogen-bond acceptors (Lipinski definition) is 2. The number of aromatic amines is 1. The van der Waals surface area contributed by atoms with E-state index >= 15 is 0 Å². The minimum absolute atomic E-state index is 0.00138. The summed E-state index contributed by atoms with van der Waals surface area (Å²) in [6.45, 7) is 0. The van der Waals surface area contributed by atoms with E-state index in [2.05, 4.69) is 9.97 Å². The van der Waals surface area contributed by atoms with Crippen LogP contribution >= 0.6 is 0 Å². The first-order chi connectivity index (χ1) is 11.6. The molecule has 1 saturated carbocycles. The van der Waals surface area contributed by atoms with Gasteiger partial charge in [0.2, 0.25) is 5.92 Å². The Bertz CT molecular complexity index is 798. The van der Waals surface area contributed by atoms with Gasteiger partial charge in [0.05, 0.1) is 5.39 Å². The van der Waals surface area contributed by atoms with Gasteiger partial charge in [-0.05, 0) is 25.3 Å². The van der Waals surface area contributed by atoms with Gasteiger partial charge in [-0.2, -0.15) is 13.2 Å². The largest absolute Gasteiger partial charge is 0.389 e. The zero-order valence-corrected chi connectivity index (χ0v) is 13.4. The fraction of sp³-hybridized carbons (Fsp3) is 0.625. The van der Waals surface area contributed by atoms with E-state index in [-0.39, 0.29) is 50.4 Å². The quantitative estimate of drug-likeness (QED) is 0.821. The van der Waals surface area contributed by atoms with Gasteiger partial charge in [-0.25, -0.2) is 13.8 Å². The lowest BCUT2D eigenvalue weighted by atomic mass is 9.92. The molecule has 0 unspecified atom stereocenters. The number of aromatic nitrogens is 3. The van der Waals surface area contributed by atoms with E-state index in [0.717, 1.165) is 0 Å². The monoisotopic (exact) mass is 363 g/mol. The Labute approximate surface area is 140 Å². The summed E-state index contributed by atoms with van der Waals surface area (Å²) in [4.78, 5) is 18.9. The summed E-state index contributed by atoms with van der Waals surface area (Å²) in [5.41, 5.74) is -0.0760. The number of nitrogens with one attached hydrogen (secondary N) is 1. The molecule has 0 atom stereocenters. The Balaban J connectivity index is 1.82. The highest BCUT2D eigenvalue weighted by atomic mass is 19.4. The van der Waals surface area contributed by atoms with Crippen molar-refractivity contribution in [3.63, 3.8) is 0 Å². The summed E-state index contributed by atoms with van der Waals surface area (Å²) in [5, 5.41) is 0.317. The lowest BCUT2D eigenvalue weighted by Crippen LogP contribution is -2.26. The first-order valence-corrected chi connectivity index (χ1v) is 8.19. The maximum absolute atomic E-state index is 13.3. The van der Waals surface area contributed by atoms with Crippen LogP contribution in [-0.2, 0) is 6.42 Å². The van der Waals surface area contributed by atoms with E-state index in [1.165, 1.54) is 0 Å². The Hall–Kier alpha value is -1.93. The SMILES string of the molecule is O=c1[nH]c(CCCC(F)(F)F)nc2c1ccn2C1CCC(F)(F)CC1. The van der Waals surface area contributed by atoms with Crippen LogP contribution < -0.4 is 5.56 Å². The molecule has 0 saturated heterocycles. The third kappa shape index (κ3) is 4.19. The molecule has 1 aliphatic carbocycles. The van der Waals surface area contributed by atoms with Crippen LogP contribution in [0.25, 0.3) is 11.0 Å². The predicted octanol–water partition coefficient (Wildman–Crippen LogP) is 4.36. The van der Waals surface area contributed by atoms with E-state index in [9.17, 15) is 26.7 Å². The lowest BCUT2D eigenvalue weighted by Gasteiger charge is -2.29. The molecule has 0 bridgehead atoms. The summed E-state index contributed by atoms with van der Waals surface area (Å²) in [5.74, 6) is -2.48. The molecule has 1 N–H and O–H groups in total. The van der Waals surface area contributed by atoms with Crippen LogP contribution in [0.2, 0.25) is 0 Å². The van der Waals surface area contributed by atoms with Crippen molar-refractivity contribution in [1.82, 2.24) is 14.5 Å². The Kier molecular flexibility index (Phi) is 4.59. The van der Waals surface area contributed by atoms with Crippen molar-refractivity contribution in [3.05, 3.63) is 28.4 Å². The molecular weight excluding hydrogens is 345 g/mol. The topological polar surface area (TPSA) is 50.7 Å². The van der Waals surface area contributed by atoms with E-state index < -0.39 is 24.1 Å². The molecule has 2 aromatic heterocycles. The summed E-state index contributed by atoms with van der Waals surface area (Å²) >= 11 is 0. The molecule has 2 heterocycles. The van der Waals surface area contributed by atoms with Gasteiger partial charge in [-0.3, -0.25) is 4.79 Å².